The maximum absolute atomic E-state index is 11.9. The average Bonchev–Trinajstić information content (AvgIpc) is 3.12. The monoisotopic (exact) mass is 328 g/mol. The maximum atomic E-state index is 11.9. The summed E-state index contributed by atoms with van der Waals surface area (Å²) in [6.45, 7) is 1.83. The number of nitrogens with one attached hydrogen (secondary N) is 1. The number of nitrogens with zero attached hydrogens (tertiary/aromatic N) is 1. The maximum Gasteiger partial charge on any atom is 0.335 e. The Kier molecular flexibility index (Phi) is 4.03. The highest BCUT2D eigenvalue weighted by Crippen LogP contribution is 2.29. The Morgan fingerprint density at radius 2 is 2.22 bits per heavy atom. The van der Waals surface area contributed by atoms with Crippen LogP contribution in [0.25, 0.3) is 6.08 Å². The van der Waals surface area contributed by atoms with Crippen LogP contribution in [0.15, 0.2) is 50.9 Å². The van der Waals surface area contributed by atoms with E-state index in [1.165, 1.54) is 30.2 Å². The third kappa shape index (κ3) is 3.35. The number of amidine groups is 1. The summed E-state index contributed by atoms with van der Waals surface area (Å²) in [7, 11) is 0. The van der Waals surface area contributed by atoms with Crippen LogP contribution in [-0.4, -0.2) is 22.2 Å². The number of carbonyl (C=O) groups is 2. The number of rotatable bonds is 3. The van der Waals surface area contributed by atoms with Crippen LogP contribution in [-0.2, 0) is 4.79 Å². The average molecular weight is 328 g/mol. The molecule has 1 aromatic carbocycles. The van der Waals surface area contributed by atoms with Crippen molar-refractivity contribution >= 4 is 40.6 Å². The molecule has 1 aromatic heterocycles. The summed E-state index contributed by atoms with van der Waals surface area (Å²) in [6, 6.07) is 8.16. The van der Waals surface area contributed by atoms with E-state index in [1.54, 1.807) is 24.3 Å². The second-order valence-corrected chi connectivity index (χ2v) is 5.83. The fraction of sp³-hybridized carbons (Fsp3) is 0.0625. The largest absolute Gasteiger partial charge is 0.478 e. The number of benzene rings is 1. The number of aromatic carboxylic acids is 1. The quantitative estimate of drug-likeness (QED) is 0.844. The molecule has 1 aliphatic rings. The molecular formula is C16H12N2O4S. The molecule has 7 heteroatoms. The van der Waals surface area contributed by atoms with E-state index in [0.29, 0.717) is 21.5 Å². The van der Waals surface area contributed by atoms with Crippen molar-refractivity contribution in [2.24, 2.45) is 4.99 Å². The van der Waals surface area contributed by atoms with Crippen molar-refractivity contribution in [3.05, 3.63) is 58.4 Å². The van der Waals surface area contributed by atoms with Crippen LogP contribution < -0.4 is 5.32 Å². The zero-order valence-corrected chi connectivity index (χ0v) is 12.9. The predicted molar refractivity (Wildman–Crippen MR) is 87.7 cm³/mol. The Morgan fingerprint density at radius 3 is 2.91 bits per heavy atom. The van der Waals surface area contributed by atoms with Crippen molar-refractivity contribution in [2.75, 3.05) is 0 Å². The van der Waals surface area contributed by atoms with Gasteiger partial charge in [-0.05, 0) is 48.5 Å². The summed E-state index contributed by atoms with van der Waals surface area (Å²) >= 11 is 1.18. The van der Waals surface area contributed by atoms with Crippen LogP contribution in [0.4, 0.5) is 5.69 Å². The van der Waals surface area contributed by atoms with Gasteiger partial charge in [-0.25, -0.2) is 9.79 Å². The Balaban J connectivity index is 1.89. The number of thioether (sulfide) groups is 1. The van der Waals surface area contributed by atoms with Crippen LogP contribution in [0.3, 0.4) is 0 Å². The van der Waals surface area contributed by atoms with Crippen LogP contribution in [0, 0.1) is 6.92 Å². The highest BCUT2D eigenvalue weighted by Gasteiger charge is 2.24. The van der Waals surface area contributed by atoms with Crippen molar-refractivity contribution < 1.29 is 19.1 Å². The number of carboxylic acids is 1. The Morgan fingerprint density at radius 1 is 1.39 bits per heavy atom. The van der Waals surface area contributed by atoms with Crippen LogP contribution >= 0.6 is 11.8 Å². The highest BCUT2D eigenvalue weighted by molar-refractivity contribution is 8.18. The zero-order chi connectivity index (χ0) is 16.4. The number of hydrogen-bond acceptors (Lipinski definition) is 5. The van der Waals surface area contributed by atoms with Gasteiger partial charge in [-0.2, -0.15) is 0 Å². The third-order valence-electron chi connectivity index (χ3n) is 3.15. The minimum absolute atomic E-state index is 0.149. The van der Waals surface area contributed by atoms with E-state index in [-0.39, 0.29) is 11.5 Å². The van der Waals surface area contributed by atoms with E-state index in [2.05, 4.69) is 10.3 Å². The van der Waals surface area contributed by atoms with Crippen molar-refractivity contribution in [3.63, 3.8) is 0 Å². The lowest BCUT2D eigenvalue weighted by atomic mass is 10.1. The molecule has 2 heterocycles. The van der Waals surface area contributed by atoms with Gasteiger partial charge in [0.05, 0.1) is 22.4 Å². The van der Waals surface area contributed by atoms with Gasteiger partial charge in [-0.1, -0.05) is 6.07 Å². The molecule has 1 saturated heterocycles. The molecule has 116 valence electrons. The number of carboxylic acid groups (broad SMARTS) is 1. The van der Waals surface area contributed by atoms with Gasteiger partial charge < -0.3 is 14.8 Å². The van der Waals surface area contributed by atoms with Gasteiger partial charge in [-0.15, -0.1) is 0 Å². The first kappa shape index (κ1) is 15.1. The molecule has 0 aliphatic carbocycles. The van der Waals surface area contributed by atoms with Gasteiger partial charge >= 0.3 is 5.97 Å². The van der Waals surface area contributed by atoms with Crippen molar-refractivity contribution in [2.45, 2.75) is 6.92 Å². The van der Waals surface area contributed by atoms with Gasteiger partial charge in [0.2, 0.25) is 0 Å². The molecule has 6 nitrogen and oxygen atoms in total. The van der Waals surface area contributed by atoms with E-state index < -0.39 is 5.97 Å². The molecule has 2 aromatic rings. The first-order chi connectivity index (χ1) is 11.0. The molecule has 0 unspecified atom stereocenters. The van der Waals surface area contributed by atoms with Crippen LogP contribution in [0.5, 0.6) is 0 Å². The molecule has 1 fully saturated rings. The standard InChI is InChI=1S/C16H12N2O4S/c1-9-4-5-10(15(20)21)7-12(9)17-16-18-14(19)13(23-16)8-11-3-2-6-22-11/h2-8H,1H3,(H,20,21)(H,17,18,19)/b13-8+. The summed E-state index contributed by atoms with van der Waals surface area (Å²) in [6.07, 6.45) is 3.16. The molecule has 1 aliphatic heterocycles. The molecule has 0 spiro atoms. The Bertz CT molecular complexity index is 838. The molecule has 2 N–H and O–H groups in total. The molecule has 0 radical (unpaired) electrons. The smallest absolute Gasteiger partial charge is 0.335 e. The first-order valence-electron chi connectivity index (χ1n) is 6.70. The highest BCUT2D eigenvalue weighted by atomic mass is 32.2. The molecule has 3 rings (SSSR count). The summed E-state index contributed by atoms with van der Waals surface area (Å²) in [4.78, 5) is 27.8. The van der Waals surface area contributed by atoms with Gasteiger partial charge in [0.15, 0.2) is 5.17 Å². The molecule has 23 heavy (non-hydrogen) atoms. The van der Waals surface area contributed by atoms with Crippen molar-refractivity contribution in [3.8, 4) is 0 Å². The molecule has 1 amide bonds. The summed E-state index contributed by atoms with van der Waals surface area (Å²) in [5, 5.41) is 12.1. The number of amides is 1. The Hall–Kier alpha value is -2.80. The Labute approximate surface area is 135 Å². The minimum atomic E-state index is -1.02. The number of carbonyl (C=O) groups excluding carboxylic acids is 1. The van der Waals surface area contributed by atoms with Gasteiger partial charge in [0.25, 0.3) is 5.91 Å². The van der Waals surface area contributed by atoms with E-state index in [9.17, 15) is 9.59 Å². The fourth-order valence-corrected chi connectivity index (χ4v) is 2.77. The molecule has 0 saturated carbocycles. The van der Waals surface area contributed by atoms with Gasteiger partial charge in [-0.3, -0.25) is 4.79 Å². The minimum Gasteiger partial charge on any atom is -0.478 e. The molecule has 0 atom stereocenters. The van der Waals surface area contributed by atoms with Crippen LogP contribution in [0.2, 0.25) is 0 Å². The SMILES string of the molecule is Cc1ccc(C(=O)O)cc1N=C1NC(=O)/C(=C\c2ccco2)S1. The predicted octanol–water partition coefficient (Wildman–Crippen LogP) is 3.18. The zero-order valence-electron chi connectivity index (χ0n) is 12.1. The van der Waals surface area contributed by atoms with Crippen LogP contribution in [0.1, 0.15) is 21.7 Å². The summed E-state index contributed by atoms with van der Waals surface area (Å²) in [5.41, 5.74) is 1.48. The molecular weight excluding hydrogens is 316 g/mol. The first-order valence-corrected chi connectivity index (χ1v) is 7.51. The topological polar surface area (TPSA) is 91.9 Å². The van der Waals surface area contributed by atoms with E-state index in [4.69, 9.17) is 9.52 Å². The van der Waals surface area contributed by atoms with Gasteiger partial charge in [0, 0.05) is 6.08 Å². The van der Waals surface area contributed by atoms with E-state index in [0.717, 1.165) is 5.56 Å². The second kappa shape index (κ2) is 6.13. The van der Waals surface area contributed by atoms with E-state index >= 15 is 0 Å². The lowest BCUT2D eigenvalue weighted by Gasteiger charge is -2.03. The normalized spacial score (nSPS) is 17.7. The number of aryl methyl sites for hydroxylation is 1. The summed E-state index contributed by atoms with van der Waals surface area (Å²) in [5.74, 6) is -0.710. The number of furan rings is 1. The lowest BCUT2D eigenvalue weighted by Crippen LogP contribution is -2.19. The summed E-state index contributed by atoms with van der Waals surface area (Å²) < 4.78 is 5.18. The second-order valence-electron chi connectivity index (χ2n) is 4.80. The lowest BCUT2D eigenvalue weighted by molar-refractivity contribution is -0.115. The third-order valence-corrected chi connectivity index (χ3v) is 4.06. The fourth-order valence-electron chi connectivity index (χ4n) is 1.96. The number of aliphatic imine (C=N–C) groups is 1. The van der Waals surface area contributed by atoms with E-state index in [1.807, 2.05) is 6.92 Å². The van der Waals surface area contributed by atoms with Crippen molar-refractivity contribution in [1.29, 1.82) is 0 Å². The van der Waals surface area contributed by atoms with Gasteiger partial charge in [0.1, 0.15) is 5.76 Å². The van der Waals surface area contributed by atoms with Crippen molar-refractivity contribution in [1.82, 2.24) is 5.32 Å². The number of hydrogen-bond donors (Lipinski definition) is 2. The molecule has 0 bridgehead atoms.